The summed E-state index contributed by atoms with van der Waals surface area (Å²) in [5.41, 5.74) is 6.62. The van der Waals surface area contributed by atoms with Gasteiger partial charge in [0.1, 0.15) is 12.4 Å². The number of nitrogens with one attached hydrogen (secondary N) is 1. The minimum Gasteiger partial charge on any atom is -0.489 e. The van der Waals surface area contributed by atoms with Crippen molar-refractivity contribution in [1.29, 1.82) is 0 Å². The molecule has 0 aliphatic heterocycles. The number of hydrogen-bond donors (Lipinski definition) is 3. The fourth-order valence-corrected chi connectivity index (χ4v) is 2.39. The van der Waals surface area contributed by atoms with Crippen LogP contribution in [0.2, 0.25) is 0 Å². The van der Waals surface area contributed by atoms with Gasteiger partial charge in [0.2, 0.25) is 0 Å². The average molecular weight is 314 g/mol. The number of rotatable bonds is 4. The molecule has 0 unspecified atom stereocenters. The van der Waals surface area contributed by atoms with Crippen molar-refractivity contribution in [3.63, 3.8) is 0 Å². The molecule has 2 aromatic carbocycles. The Balaban J connectivity index is 2.27. The van der Waals surface area contributed by atoms with Gasteiger partial charge in [0.05, 0.1) is 5.69 Å². The maximum Gasteiger partial charge on any atom is 0.350 e. The third kappa shape index (κ3) is 3.80. The van der Waals surface area contributed by atoms with E-state index in [1.165, 1.54) is 5.56 Å². The average Bonchev–Trinajstić information content (AvgIpc) is 2.53. The van der Waals surface area contributed by atoms with Crippen LogP contribution in [0.3, 0.4) is 0 Å². The predicted octanol–water partition coefficient (Wildman–Crippen LogP) is 2.45. The molecule has 0 aliphatic rings. The van der Waals surface area contributed by atoms with Gasteiger partial charge in [-0.05, 0) is 44.0 Å². The number of hydrogen-bond acceptors (Lipinski definition) is 4. The van der Waals surface area contributed by atoms with Gasteiger partial charge in [-0.25, -0.2) is 21.5 Å². The Hall–Kier alpha value is -2.57. The van der Waals surface area contributed by atoms with E-state index >= 15 is 0 Å². The molecular formula is C17H22N4O2. The first-order chi connectivity index (χ1) is 10.9. The number of benzene rings is 2. The lowest BCUT2D eigenvalue weighted by molar-refractivity contribution is 0.246. The molecule has 2 aromatic rings. The van der Waals surface area contributed by atoms with Crippen molar-refractivity contribution in [1.82, 2.24) is 5.43 Å². The van der Waals surface area contributed by atoms with Crippen molar-refractivity contribution in [2.45, 2.75) is 27.4 Å². The molecule has 0 atom stereocenters. The van der Waals surface area contributed by atoms with Gasteiger partial charge in [-0.1, -0.05) is 29.8 Å². The quantitative estimate of drug-likeness (QED) is 0.459. The highest BCUT2D eigenvalue weighted by atomic mass is 16.5. The second-order valence-corrected chi connectivity index (χ2v) is 5.45. The number of nitrogens with two attached hydrogens (primary N) is 2. The summed E-state index contributed by atoms with van der Waals surface area (Å²) in [5, 5.41) is 0.980. The second kappa shape index (κ2) is 7.13. The molecule has 2 amide bonds. The summed E-state index contributed by atoms with van der Waals surface area (Å²) in [6.07, 6.45) is 0. The molecular weight excluding hydrogens is 292 g/mol. The van der Waals surface area contributed by atoms with Crippen molar-refractivity contribution in [2.75, 3.05) is 5.01 Å². The monoisotopic (exact) mass is 314 g/mol. The summed E-state index contributed by atoms with van der Waals surface area (Å²) < 4.78 is 5.92. The van der Waals surface area contributed by atoms with Crippen LogP contribution in [0.5, 0.6) is 5.75 Å². The predicted molar refractivity (Wildman–Crippen MR) is 90.8 cm³/mol. The largest absolute Gasteiger partial charge is 0.489 e. The Morgan fingerprint density at radius 3 is 2.57 bits per heavy atom. The summed E-state index contributed by atoms with van der Waals surface area (Å²) in [5.74, 6) is 11.8. The lowest BCUT2D eigenvalue weighted by Gasteiger charge is -2.21. The van der Waals surface area contributed by atoms with Crippen LogP contribution in [-0.2, 0) is 6.61 Å². The number of hydrazine groups is 2. The van der Waals surface area contributed by atoms with Crippen LogP contribution in [0, 0.1) is 20.8 Å². The fraction of sp³-hybridized carbons (Fsp3) is 0.235. The topological polar surface area (TPSA) is 93.6 Å². The number of carbonyl (C=O) groups excluding carboxylic acids is 1. The van der Waals surface area contributed by atoms with Crippen LogP contribution in [0.1, 0.15) is 22.3 Å². The molecule has 0 heterocycles. The molecule has 2 rings (SSSR count). The van der Waals surface area contributed by atoms with Gasteiger partial charge in [-0.3, -0.25) is 5.43 Å². The van der Waals surface area contributed by atoms with E-state index in [0.717, 1.165) is 27.4 Å². The van der Waals surface area contributed by atoms with Gasteiger partial charge in [0.25, 0.3) is 0 Å². The van der Waals surface area contributed by atoms with Gasteiger partial charge < -0.3 is 4.74 Å². The minimum absolute atomic E-state index is 0.303. The molecule has 0 spiro atoms. The molecule has 0 saturated heterocycles. The Labute approximate surface area is 136 Å². The van der Waals surface area contributed by atoms with E-state index < -0.39 is 6.03 Å². The summed E-state index contributed by atoms with van der Waals surface area (Å²) in [7, 11) is 0. The lowest BCUT2D eigenvalue weighted by Crippen LogP contribution is -2.48. The van der Waals surface area contributed by atoms with Crippen LogP contribution in [0.15, 0.2) is 36.4 Å². The van der Waals surface area contributed by atoms with Gasteiger partial charge in [-0.15, -0.1) is 0 Å². The van der Waals surface area contributed by atoms with Crippen molar-refractivity contribution < 1.29 is 9.53 Å². The van der Waals surface area contributed by atoms with E-state index in [2.05, 4.69) is 6.07 Å². The minimum atomic E-state index is -0.594. The van der Waals surface area contributed by atoms with Crippen LogP contribution in [0.25, 0.3) is 0 Å². The Morgan fingerprint density at radius 2 is 1.91 bits per heavy atom. The number of amides is 2. The van der Waals surface area contributed by atoms with Gasteiger partial charge >= 0.3 is 6.03 Å². The number of nitrogens with zero attached hydrogens (tertiary/aromatic N) is 1. The van der Waals surface area contributed by atoms with E-state index in [4.69, 9.17) is 16.4 Å². The van der Waals surface area contributed by atoms with Crippen LogP contribution < -0.4 is 26.9 Å². The number of carbonyl (C=O) groups is 1. The summed E-state index contributed by atoms with van der Waals surface area (Å²) in [6, 6.07) is 10.9. The van der Waals surface area contributed by atoms with E-state index in [1.54, 1.807) is 6.07 Å². The van der Waals surface area contributed by atoms with E-state index in [9.17, 15) is 4.79 Å². The maximum absolute atomic E-state index is 11.7. The van der Waals surface area contributed by atoms with E-state index in [0.29, 0.717) is 12.3 Å². The zero-order valence-electron chi connectivity index (χ0n) is 13.6. The van der Waals surface area contributed by atoms with Crippen LogP contribution in [0.4, 0.5) is 10.5 Å². The van der Waals surface area contributed by atoms with Gasteiger partial charge in [-0.2, -0.15) is 0 Å². The van der Waals surface area contributed by atoms with Gasteiger partial charge in [0.15, 0.2) is 0 Å². The van der Waals surface area contributed by atoms with Crippen molar-refractivity contribution >= 4 is 11.7 Å². The smallest absolute Gasteiger partial charge is 0.350 e. The first-order valence-electron chi connectivity index (χ1n) is 7.28. The third-order valence-electron chi connectivity index (χ3n) is 3.69. The summed E-state index contributed by atoms with van der Waals surface area (Å²) >= 11 is 0. The molecule has 0 bridgehead atoms. The highest BCUT2D eigenvalue weighted by Crippen LogP contribution is 2.26. The normalized spacial score (nSPS) is 10.3. The zero-order valence-corrected chi connectivity index (χ0v) is 13.6. The Morgan fingerprint density at radius 1 is 1.17 bits per heavy atom. The molecule has 0 aromatic heterocycles. The number of ether oxygens (including phenoxy) is 1. The number of urea groups is 1. The van der Waals surface area contributed by atoms with E-state index in [1.807, 2.05) is 50.5 Å². The Kier molecular flexibility index (Phi) is 5.20. The molecule has 0 radical (unpaired) electrons. The van der Waals surface area contributed by atoms with Crippen LogP contribution in [-0.4, -0.2) is 6.03 Å². The molecule has 6 heteroatoms. The highest BCUT2D eigenvalue weighted by molar-refractivity contribution is 5.91. The number of aryl methyl sites for hydroxylation is 3. The lowest BCUT2D eigenvalue weighted by atomic mass is 10.1. The highest BCUT2D eigenvalue weighted by Gasteiger charge is 2.16. The standard InChI is InChI=1S/C17H22N4O2/c1-11-7-8-16(13(3)9-11)23-10-14-12(2)5-4-6-15(14)21(19)17(22)20-18/h4-9H,10,18-19H2,1-3H3,(H,20,22). The SMILES string of the molecule is Cc1ccc(OCc2c(C)cccc2N(N)C(=O)NN)c(C)c1. The summed E-state index contributed by atoms with van der Waals surface area (Å²) in [6.45, 7) is 6.28. The number of anilines is 1. The molecule has 23 heavy (non-hydrogen) atoms. The molecule has 0 fully saturated rings. The first-order valence-corrected chi connectivity index (χ1v) is 7.28. The Bertz CT molecular complexity index is 716. The molecule has 0 saturated carbocycles. The van der Waals surface area contributed by atoms with Crippen molar-refractivity contribution in [2.24, 2.45) is 11.7 Å². The van der Waals surface area contributed by atoms with Gasteiger partial charge in [0, 0.05) is 5.56 Å². The fourth-order valence-electron chi connectivity index (χ4n) is 2.39. The molecule has 6 nitrogen and oxygen atoms in total. The first kappa shape index (κ1) is 16.8. The summed E-state index contributed by atoms with van der Waals surface area (Å²) in [4.78, 5) is 11.7. The third-order valence-corrected chi connectivity index (χ3v) is 3.69. The molecule has 0 aliphatic carbocycles. The molecule has 122 valence electrons. The maximum atomic E-state index is 11.7. The van der Waals surface area contributed by atoms with Crippen molar-refractivity contribution in [3.8, 4) is 5.75 Å². The van der Waals surface area contributed by atoms with E-state index in [-0.39, 0.29) is 0 Å². The van der Waals surface area contributed by atoms with Crippen LogP contribution >= 0.6 is 0 Å². The van der Waals surface area contributed by atoms with Crippen molar-refractivity contribution in [3.05, 3.63) is 58.7 Å². The zero-order chi connectivity index (χ0) is 17.0. The molecule has 5 N–H and O–H groups in total. The second-order valence-electron chi connectivity index (χ2n) is 5.45.